The van der Waals surface area contributed by atoms with E-state index in [0.717, 1.165) is 37.1 Å². The molecule has 0 aliphatic carbocycles. The van der Waals surface area contributed by atoms with Crippen LogP contribution < -0.4 is 16.2 Å². The summed E-state index contributed by atoms with van der Waals surface area (Å²) in [6, 6.07) is 4.63. The van der Waals surface area contributed by atoms with Crippen molar-refractivity contribution in [1.82, 2.24) is 19.7 Å². The zero-order chi connectivity index (χ0) is 24.4. The van der Waals surface area contributed by atoms with Gasteiger partial charge in [0.1, 0.15) is 11.9 Å². The van der Waals surface area contributed by atoms with E-state index in [0.29, 0.717) is 16.3 Å². The number of piperidine rings is 1. The van der Waals surface area contributed by atoms with Gasteiger partial charge in [-0.05, 0) is 38.0 Å². The van der Waals surface area contributed by atoms with E-state index >= 15 is 0 Å². The Morgan fingerprint density at radius 1 is 1.26 bits per heavy atom. The Kier molecular flexibility index (Phi) is 7.25. The molecule has 1 saturated heterocycles. The third-order valence-corrected chi connectivity index (χ3v) is 6.63. The molecule has 8 nitrogen and oxygen atoms in total. The normalized spacial score (nSPS) is 15.9. The second-order valence-corrected chi connectivity index (χ2v) is 9.09. The first-order valence-corrected chi connectivity index (χ1v) is 11.6. The number of anilines is 1. The van der Waals surface area contributed by atoms with Gasteiger partial charge >= 0.3 is 0 Å². The van der Waals surface area contributed by atoms with E-state index in [2.05, 4.69) is 15.0 Å². The van der Waals surface area contributed by atoms with Crippen LogP contribution in [0, 0.1) is 5.82 Å². The number of carbonyl (C=O) groups is 1. The Morgan fingerprint density at radius 3 is 2.71 bits per heavy atom. The van der Waals surface area contributed by atoms with Crippen molar-refractivity contribution in [2.75, 3.05) is 25.4 Å². The third-order valence-electron chi connectivity index (χ3n) is 5.92. The van der Waals surface area contributed by atoms with Crippen molar-refractivity contribution in [2.45, 2.75) is 31.9 Å². The number of nitrogens with two attached hydrogens (primary N) is 2. The molecule has 3 aromatic rings. The molecule has 180 valence electrons. The first-order valence-electron chi connectivity index (χ1n) is 10.8. The number of primary amides is 1. The van der Waals surface area contributed by atoms with Crippen LogP contribution in [0.5, 0.6) is 5.75 Å². The summed E-state index contributed by atoms with van der Waals surface area (Å²) in [5, 5.41) is 4.73. The van der Waals surface area contributed by atoms with E-state index in [9.17, 15) is 9.18 Å². The number of aromatic nitrogens is 3. The van der Waals surface area contributed by atoms with Gasteiger partial charge in [-0.15, -0.1) is 0 Å². The molecule has 0 spiro atoms. The molecular weight excluding hydrogens is 482 g/mol. The molecule has 1 aromatic carbocycles. The topological polar surface area (TPSA) is 112 Å². The largest absolute Gasteiger partial charge is 0.482 e. The van der Waals surface area contributed by atoms with E-state index in [4.69, 9.17) is 39.4 Å². The highest BCUT2D eigenvalue weighted by Gasteiger charge is 2.23. The molecule has 1 unspecified atom stereocenters. The van der Waals surface area contributed by atoms with Crippen molar-refractivity contribution in [3.05, 3.63) is 58.2 Å². The Labute approximate surface area is 206 Å². The van der Waals surface area contributed by atoms with Crippen LogP contribution in [-0.4, -0.2) is 45.2 Å². The van der Waals surface area contributed by atoms with Gasteiger partial charge in [0.15, 0.2) is 11.6 Å². The number of benzene rings is 1. The van der Waals surface area contributed by atoms with Crippen molar-refractivity contribution in [1.29, 1.82) is 0 Å². The predicted octanol–water partition coefficient (Wildman–Crippen LogP) is 4.24. The van der Waals surface area contributed by atoms with E-state index in [1.807, 2.05) is 10.9 Å². The fraction of sp³-hybridized carbons (Fsp3) is 0.348. The molecule has 4 N–H and O–H groups in total. The number of pyridine rings is 1. The van der Waals surface area contributed by atoms with Gasteiger partial charge in [0.2, 0.25) is 5.91 Å². The van der Waals surface area contributed by atoms with Crippen LogP contribution in [-0.2, 0) is 4.79 Å². The molecule has 4 rings (SSSR count). The number of likely N-dealkylation sites (tertiary alicyclic amines) is 1. The van der Waals surface area contributed by atoms with Crippen LogP contribution in [0.1, 0.15) is 37.5 Å². The monoisotopic (exact) mass is 506 g/mol. The Morgan fingerprint density at radius 2 is 2.00 bits per heavy atom. The first-order chi connectivity index (χ1) is 16.2. The molecule has 1 fully saturated rings. The number of amides is 1. The maximum absolute atomic E-state index is 13.9. The highest BCUT2D eigenvalue weighted by atomic mass is 35.5. The Balaban J connectivity index is 1.50. The van der Waals surface area contributed by atoms with Gasteiger partial charge in [-0.25, -0.2) is 9.37 Å². The molecule has 34 heavy (non-hydrogen) atoms. The summed E-state index contributed by atoms with van der Waals surface area (Å²) in [7, 11) is 0. The number of rotatable bonds is 7. The maximum Gasteiger partial charge on any atom is 0.231 e. The highest BCUT2D eigenvalue weighted by molar-refractivity contribution is 6.36. The van der Waals surface area contributed by atoms with Gasteiger partial charge in [0.05, 0.1) is 23.8 Å². The summed E-state index contributed by atoms with van der Waals surface area (Å²) in [6.45, 7) is 3.56. The molecule has 0 radical (unpaired) electrons. The van der Waals surface area contributed by atoms with Crippen molar-refractivity contribution < 1.29 is 13.9 Å². The Bertz CT molecular complexity index is 1200. The van der Waals surface area contributed by atoms with Crippen LogP contribution in [0.3, 0.4) is 0 Å². The molecule has 0 bridgehead atoms. The molecule has 1 aliphatic rings. The summed E-state index contributed by atoms with van der Waals surface area (Å²) in [6.07, 6.45) is 6.44. The smallest absolute Gasteiger partial charge is 0.231 e. The second kappa shape index (κ2) is 10.2. The molecule has 0 saturated carbocycles. The van der Waals surface area contributed by atoms with Gasteiger partial charge in [0.25, 0.3) is 0 Å². The predicted molar refractivity (Wildman–Crippen MR) is 129 cm³/mol. The fourth-order valence-electron chi connectivity index (χ4n) is 4.12. The SMILES string of the molecule is CC(Oc1cc(-c2cnn(C3CCN(CC(N)=O)CC3)c2)cnc1N)c1c(Cl)ccc(F)c1Cl. The minimum Gasteiger partial charge on any atom is -0.482 e. The second-order valence-electron chi connectivity index (χ2n) is 8.31. The molecule has 3 heterocycles. The minimum absolute atomic E-state index is 0.0918. The lowest BCUT2D eigenvalue weighted by Gasteiger charge is -2.31. The average molecular weight is 507 g/mol. The lowest BCUT2D eigenvalue weighted by Crippen LogP contribution is -2.40. The van der Waals surface area contributed by atoms with Crippen molar-refractivity contribution in [3.63, 3.8) is 0 Å². The maximum atomic E-state index is 13.9. The van der Waals surface area contributed by atoms with E-state index in [1.165, 1.54) is 12.1 Å². The lowest BCUT2D eigenvalue weighted by molar-refractivity contribution is -0.119. The minimum atomic E-state index is -0.664. The van der Waals surface area contributed by atoms with Crippen LogP contribution in [0.4, 0.5) is 10.2 Å². The first kappa shape index (κ1) is 24.3. The molecule has 2 aromatic heterocycles. The third kappa shape index (κ3) is 5.27. The zero-order valence-electron chi connectivity index (χ0n) is 18.5. The van der Waals surface area contributed by atoms with Crippen LogP contribution in [0.15, 0.2) is 36.8 Å². The van der Waals surface area contributed by atoms with E-state index in [-0.39, 0.29) is 29.3 Å². The molecule has 1 amide bonds. The number of halogens is 3. The van der Waals surface area contributed by atoms with Gasteiger partial charge in [-0.1, -0.05) is 23.2 Å². The standard InChI is InChI=1S/C23H25Cl2FN6O2/c1-13(21-17(24)2-3-18(26)22(21)25)34-19-8-14(9-29-23(19)28)15-10-30-32(11-15)16-4-6-31(7-5-16)12-20(27)33/h2-3,8-11,13,16H,4-7,12H2,1H3,(H2,27,33)(H2,28,29). The molecule has 11 heteroatoms. The fourth-order valence-corrected chi connectivity index (χ4v) is 4.80. The van der Waals surface area contributed by atoms with Gasteiger partial charge in [-0.3, -0.25) is 14.4 Å². The van der Waals surface area contributed by atoms with Crippen molar-refractivity contribution >= 4 is 34.9 Å². The summed E-state index contributed by atoms with van der Waals surface area (Å²) in [5.74, 6) is -0.378. The summed E-state index contributed by atoms with van der Waals surface area (Å²) < 4.78 is 21.9. The van der Waals surface area contributed by atoms with Gasteiger partial charge in [-0.2, -0.15) is 5.10 Å². The quantitative estimate of drug-likeness (QED) is 0.463. The number of ether oxygens (including phenoxy) is 1. The number of nitrogens with zero attached hydrogens (tertiary/aromatic N) is 4. The number of hydrogen-bond acceptors (Lipinski definition) is 6. The summed E-state index contributed by atoms with van der Waals surface area (Å²) >= 11 is 12.3. The van der Waals surface area contributed by atoms with Crippen LogP contribution >= 0.6 is 23.2 Å². The molecule has 1 atom stereocenters. The van der Waals surface area contributed by atoms with Crippen molar-refractivity contribution in [2.24, 2.45) is 5.73 Å². The molecular formula is C23H25Cl2FN6O2. The number of hydrogen-bond donors (Lipinski definition) is 2. The van der Waals surface area contributed by atoms with Gasteiger partial charge in [0, 0.05) is 47.2 Å². The highest BCUT2D eigenvalue weighted by Crippen LogP contribution is 2.37. The Hall–Kier alpha value is -2.88. The number of nitrogen functional groups attached to an aromatic ring is 1. The van der Waals surface area contributed by atoms with Crippen LogP contribution in [0.2, 0.25) is 10.0 Å². The summed E-state index contributed by atoms with van der Waals surface area (Å²) in [5.41, 5.74) is 13.3. The van der Waals surface area contributed by atoms with E-state index < -0.39 is 11.9 Å². The van der Waals surface area contributed by atoms with Gasteiger partial charge < -0.3 is 16.2 Å². The zero-order valence-corrected chi connectivity index (χ0v) is 20.1. The lowest BCUT2D eigenvalue weighted by atomic mass is 10.1. The average Bonchev–Trinajstić information content (AvgIpc) is 3.28. The number of carbonyl (C=O) groups excluding carboxylic acids is 1. The van der Waals surface area contributed by atoms with E-state index in [1.54, 1.807) is 25.4 Å². The summed E-state index contributed by atoms with van der Waals surface area (Å²) in [4.78, 5) is 17.4. The van der Waals surface area contributed by atoms with Crippen LogP contribution in [0.25, 0.3) is 11.1 Å². The van der Waals surface area contributed by atoms with Crippen molar-refractivity contribution in [3.8, 4) is 16.9 Å². The molecule has 1 aliphatic heterocycles.